The topological polar surface area (TPSA) is 92.9 Å². The number of carbonyl (C=O) groups is 2. The number of carboxylic acid groups (broad SMARTS) is 1. The summed E-state index contributed by atoms with van der Waals surface area (Å²) >= 11 is 0. The summed E-state index contributed by atoms with van der Waals surface area (Å²) in [6.45, 7) is 0.0574. The van der Waals surface area contributed by atoms with Crippen molar-refractivity contribution < 1.29 is 19.4 Å². The minimum Gasteiger partial charge on any atom is -0.480 e. The molecule has 0 aliphatic heterocycles. The first-order valence-corrected chi connectivity index (χ1v) is 8.13. The Bertz CT molecular complexity index is 745. The molecule has 0 saturated carbocycles. The van der Waals surface area contributed by atoms with Gasteiger partial charge in [0.1, 0.15) is 13.2 Å². The average Bonchev–Trinajstić information content (AvgIpc) is 2.93. The van der Waals surface area contributed by atoms with Gasteiger partial charge in [-0.25, -0.2) is 4.79 Å². The number of aliphatic carboxylic acids is 1. The molecule has 1 aliphatic carbocycles. The molecule has 1 aliphatic rings. The summed E-state index contributed by atoms with van der Waals surface area (Å²) in [5.41, 5.74) is 9.95. The Hall–Kier alpha value is -2.86. The van der Waals surface area contributed by atoms with Gasteiger partial charge in [-0.05, 0) is 22.3 Å². The van der Waals surface area contributed by atoms with Crippen LogP contribution in [-0.2, 0) is 9.53 Å². The predicted octanol–water partition coefficient (Wildman–Crippen LogP) is 2.28. The van der Waals surface area contributed by atoms with Crippen molar-refractivity contribution in [2.75, 3.05) is 26.2 Å². The van der Waals surface area contributed by atoms with Gasteiger partial charge in [0, 0.05) is 19.0 Å². The van der Waals surface area contributed by atoms with E-state index < -0.39 is 18.6 Å². The molecule has 0 spiro atoms. The van der Waals surface area contributed by atoms with Crippen molar-refractivity contribution in [2.24, 2.45) is 5.73 Å². The maximum absolute atomic E-state index is 12.2. The number of ether oxygens (including phenoxy) is 1. The van der Waals surface area contributed by atoms with Crippen LogP contribution in [0.2, 0.25) is 0 Å². The number of fused-ring (bicyclic) bond motifs is 3. The number of benzene rings is 2. The van der Waals surface area contributed by atoms with Crippen LogP contribution in [0.1, 0.15) is 17.0 Å². The molecule has 0 unspecified atom stereocenters. The molecule has 3 N–H and O–H groups in total. The van der Waals surface area contributed by atoms with Gasteiger partial charge < -0.3 is 15.6 Å². The number of hydrogen-bond donors (Lipinski definition) is 2. The molecule has 0 atom stereocenters. The fourth-order valence-electron chi connectivity index (χ4n) is 3.24. The Morgan fingerprint density at radius 3 is 2.12 bits per heavy atom. The predicted molar refractivity (Wildman–Crippen MR) is 93.3 cm³/mol. The highest BCUT2D eigenvalue weighted by atomic mass is 16.6. The van der Waals surface area contributed by atoms with Crippen molar-refractivity contribution in [2.45, 2.75) is 5.92 Å². The van der Waals surface area contributed by atoms with Crippen LogP contribution in [0.4, 0.5) is 4.79 Å². The highest BCUT2D eigenvalue weighted by molar-refractivity contribution is 5.79. The summed E-state index contributed by atoms with van der Waals surface area (Å²) < 4.78 is 5.42. The van der Waals surface area contributed by atoms with E-state index >= 15 is 0 Å². The van der Waals surface area contributed by atoms with E-state index in [0.717, 1.165) is 27.2 Å². The summed E-state index contributed by atoms with van der Waals surface area (Å²) in [5, 5.41) is 8.91. The molecular formula is C19H20N2O4. The van der Waals surface area contributed by atoms with Crippen LogP contribution < -0.4 is 5.73 Å². The van der Waals surface area contributed by atoms with E-state index in [2.05, 4.69) is 12.1 Å². The summed E-state index contributed by atoms with van der Waals surface area (Å²) in [7, 11) is 0. The smallest absolute Gasteiger partial charge is 0.410 e. The maximum Gasteiger partial charge on any atom is 0.410 e. The van der Waals surface area contributed by atoms with Gasteiger partial charge in [0.15, 0.2) is 0 Å². The monoisotopic (exact) mass is 340 g/mol. The summed E-state index contributed by atoms with van der Waals surface area (Å²) in [4.78, 5) is 24.2. The quantitative estimate of drug-likeness (QED) is 0.841. The standard InChI is InChI=1S/C19H20N2O4/c20-9-10-21(11-18(22)23)19(24)25-12-17-15-7-3-1-5-13(15)14-6-2-4-8-16(14)17/h1-8,17H,9-12,20H2,(H,22,23). The fourth-order valence-corrected chi connectivity index (χ4v) is 3.24. The second kappa shape index (κ2) is 7.36. The molecule has 0 radical (unpaired) electrons. The zero-order valence-electron chi connectivity index (χ0n) is 13.7. The number of rotatable bonds is 6. The molecule has 2 aromatic rings. The van der Waals surface area contributed by atoms with Crippen molar-refractivity contribution in [3.8, 4) is 11.1 Å². The van der Waals surface area contributed by atoms with Crippen molar-refractivity contribution in [3.63, 3.8) is 0 Å². The Morgan fingerprint density at radius 1 is 1.04 bits per heavy atom. The fraction of sp³-hybridized carbons (Fsp3) is 0.263. The number of carboxylic acids is 1. The minimum absolute atomic E-state index is 0.0547. The van der Waals surface area contributed by atoms with Crippen LogP contribution in [0.25, 0.3) is 11.1 Å². The van der Waals surface area contributed by atoms with E-state index in [-0.39, 0.29) is 25.6 Å². The van der Waals surface area contributed by atoms with Gasteiger partial charge >= 0.3 is 12.1 Å². The molecule has 130 valence electrons. The van der Waals surface area contributed by atoms with E-state index in [1.807, 2.05) is 36.4 Å². The highest BCUT2D eigenvalue weighted by Crippen LogP contribution is 2.44. The molecule has 2 aromatic carbocycles. The van der Waals surface area contributed by atoms with Crippen molar-refractivity contribution >= 4 is 12.1 Å². The number of nitrogens with two attached hydrogens (primary N) is 1. The number of hydrogen-bond acceptors (Lipinski definition) is 4. The average molecular weight is 340 g/mol. The molecular weight excluding hydrogens is 320 g/mol. The molecule has 0 saturated heterocycles. The summed E-state index contributed by atoms with van der Waals surface area (Å²) in [5.74, 6) is -1.15. The van der Waals surface area contributed by atoms with Gasteiger partial charge in [-0.15, -0.1) is 0 Å². The largest absolute Gasteiger partial charge is 0.480 e. The van der Waals surface area contributed by atoms with E-state index in [9.17, 15) is 9.59 Å². The molecule has 1 amide bonds. The summed E-state index contributed by atoms with van der Waals surface area (Å²) in [6, 6.07) is 16.1. The van der Waals surface area contributed by atoms with Gasteiger partial charge in [0.2, 0.25) is 0 Å². The van der Waals surface area contributed by atoms with Crippen LogP contribution >= 0.6 is 0 Å². The van der Waals surface area contributed by atoms with Crippen molar-refractivity contribution in [1.29, 1.82) is 0 Å². The van der Waals surface area contributed by atoms with Crippen LogP contribution in [0, 0.1) is 0 Å². The van der Waals surface area contributed by atoms with Crippen LogP contribution in [-0.4, -0.2) is 48.3 Å². The highest BCUT2D eigenvalue weighted by Gasteiger charge is 2.29. The first-order valence-electron chi connectivity index (χ1n) is 8.13. The molecule has 3 rings (SSSR count). The van der Waals surface area contributed by atoms with Gasteiger partial charge in [-0.2, -0.15) is 0 Å². The molecule has 0 aromatic heterocycles. The SMILES string of the molecule is NCCN(CC(=O)O)C(=O)OCC1c2ccccc2-c2ccccc21. The van der Waals surface area contributed by atoms with Crippen LogP contribution in [0.15, 0.2) is 48.5 Å². The normalized spacial score (nSPS) is 12.4. The molecule has 25 heavy (non-hydrogen) atoms. The number of carbonyl (C=O) groups excluding carboxylic acids is 1. The third-order valence-corrected chi connectivity index (χ3v) is 4.32. The second-order valence-electron chi connectivity index (χ2n) is 5.91. The lowest BCUT2D eigenvalue weighted by Gasteiger charge is -2.21. The lowest BCUT2D eigenvalue weighted by Crippen LogP contribution is -2.39. The Balaban J connectivity index is 1.77. The van der Waals surface area contributed by atoms with Gasteiger partial charge in [0.25, 0.3) is 0 Å². The first kappa shape index (κ1) is 17.0. The zero-order valence-corrected chi connectivity index (χ0v) is 13.7. The van der Waals surface area contributed by atoms with E-state index in [0.29, 0.717) is 0 Å². The molecule has 6 nitrogen and oxygen atoms in total. The number of amides is 1. The second-order valence-corrected chi connectivity index (χ2v) is 5.91. The van der Waals surface area contributed by atoms with E-state index in [1.54, 1.807) is 0 Å². The van der Waals surface area contributed by atoms with Crippen molar-refractivity contribution in [3.05, 3.63) is 59.7 Å². The molecule has 0 bridgehead atoms. The van der Waals surface area contributed by atoms with Crippen LogP contribution in [0.5, 0.6) is 0 Å². The van der Waals surface area contributed by atoms with E-state index in [4.69, 9.17) is 15.6 Å². The Morgan fingerprint density at radius 2 is 1.60 bits per heavy atom. The zero-order chi connectivity index (χ0) is 17.8. The molecule has 0 heterocycles. The minimum atomic E-state index is -1.10. The first-order chi connectivity index (χ1) is 12.1. The Labute approximate surface area is 145 Å². The van der Waals surface area contributed by atoms with E-state index in [1.165, 1.54) is 0 Å². The lowest BCUT2D eigenvalue weighted by molar-refractivity contribution is -0.138. The van der Waals surface area contributed by atoms with Crippen molar-refractivity contribution in [1.82, 2.24) is 4.90 Å². The third kappa shape index (κ3) is 3.49. The summed E-state index contributed by atoms with van der Waals surface area (Å²) in [6.07, 6.45) is -0.658. The Kier molecular flexibility index (Phi) is 5.00. The van der Waals surface area contributed by atoms with Gasteiger partial charge in [-0.3, -0.25) is 9.69 Å². The molecule has 6 heteroatoms. The molecule has 0 fully saturated rings. The lowest BCUT2D eigenvalue weighted by atomic mass is 9.98. The van der Waals surface area contributed by atoms with Crippen LogP contribution in [0.3, 0.4) is 0 Å². The third-order valence-electron chi connectivity index (χ3n) is 4.32. The number of nitrogens with zero attached hydrogens (tertiary/aromatic N) is 1. The van der Waals surface area contributed by atoms with Gasteiger partial charge in [-0.1, -0.05) is 48.5 Å². The maximum atomic E-state index is 12.2. The van der Waals surface area contributed by atoms with Gasteiger partial charge in [0.05, 0.1) is 0 Å².